The number of anilines is 1. The molecule has 0 spiro atoms. The van der Waals surface area contributed by atoms with E-state index in [4.69, 9.17) is 11.6 Å². The first-order valence-electron chi connectivity index (χ1n) is 7.33. The van der Waals surface area contributed by atoms with Crippen molar-refractivity contribution in [1.82, 2.24) is 9.55 Å². The molecule has 0 N–H and O–H groups in total. The molecule has 0 saturated heterocycles. The van der Waals surface area contributed by atoms with Crippen molar-refractivity contribution in [2.45, 2.75) is 32.4 Å². The van der Waals surface area contributed by atoms with E-state index in [0.717, 1.165) is 30.6 Å². The Labute approximate surface area is 132 Å². The molecule has 6 heteroatoms. The molecule has 0 bridgehead atoms. The van der Waals surface area contributed by atoms with Crippen molar-refractivity contribution in [3.63, 3.8) is 0 Å². The van der Waals surface area contributed by atoms with Crippen LogP contribution in [0.15, 0.2) is 18.3 Å². The number of fused-ring (bicyclic) bond motifs is 3. The Morgan fingerprint density at radius 1 is 1.32 bits per heavy atom. The van der Waals surface area contributed by atoms with Gasteiger partial charge in [0.15, 0.2) is 6.29 Å². The Balaban J connectivity index is 1.78. The summed E-state index contributed by atoms with van der Waals surface area (Å²) in [5.41, 5.74) is 3.26. The molecular formula is C16H14ClN3O2. The maximum atomic E-state index is 12.8. The standard InChI is InChI=1S/C16H14ClN3O2/c17-13-4-5-18-15(12(13)9-21)20-8-10-7-11-3-1-2-6-19(11)14(10)16(20)22/h4-5,7,9H,1-3,6,8H2. The lowest BCUT2D eigenvalue weighted by atomic mass is 10.1. The minimum atomic E-state index is -0.0963. The predicted molar refractivity (Wildman–Crippen MR) is 82.5 cm³/mol. The van der Waals surface area contributed by atoms with E-state index in [-0.39, 0.29) is 11.5 Å². The number of halogens is 1. The topological polar surface area (TPSA) is 55.2 Å². The van der Waals surface area contributed by atoms with Crippen molar-refractivity contribution in [3.8, 4) is 0 Å². The number of aldehydes is 1. The molecule has 0 atom stereocenters. The SMILES string of the molecule is O=Cc1c(Cl)ccnc1N1Cc2cc3n(c2C1=O)CCCC3. The molecule has 0 radical (unpaired) electrons. The third-order valence-electron chi connectivity index (χ3n) is 4.39. The number of rotatable bonds is 2. The Bertz CT molecular complexity index is 797. The van der Waals surface area contributed by atoms with E-state index in [1.807, 2.05) is 0 Å². The lowest BCUT2D eigenvalue weighted by Crippen LogP contribution is -2.28. The quantitative estimate of drug-likeness (QED) is 0.801. The first-order chi connectivity index (χ1) is 10.7. The highest BCUT2D eigenvalue weighted by molar-refractivity contribution is 6.33. The molecule has 2 aromatic heterocycles. The first-order valence-corrected chi connectivity index (χ1v) is 7.71. The van der Waals surface area contributed by atoms with Gasteiger partial charge in [0, 0.05) is 24.0 Å². The summed E-state index contributed by atoms with van der Waals surface area (Å²) < 4.78 is 2.12. The molecule has 2 aliphatic heterocycles. The van der Waals surface area contributed by atoms with Crippen molar-refractivity contribution in [3.05, 3.63) is 45.9 Å². The zero-order valence-electron chi connectivity index (χ0n) is 11.9. The Kier molecular flexibility index (Phi) is 3.04. The molecule has 5 nitrogen and oxygen atoms in total. The van der Waals surface area contributed by atoms with Gasteiger partial charge in [-0.25, -0.2) is 4.98 Å². The number of aryl methyl sites for hydroxylation is 1. The summed E-state index contributed by atoms with van der Waals surface area (Å²) in [6, 6.07) is 3.66. The second-order valence-electron chi connectivity index (χ2n) is 5.66. The molecule has 112 valence electrons. The zero-order valence-corrected chi connectivity index (χ0v) is 12.6. The summed E-state index contributed by atoms with van der Waals surface area (Å²) in [6.07, 6.45) is 5.46. The summed E-state index contributed by atoms with van der Waals surface area (Å²) in [5.74, 6) is 0.245. The number of aromatic nitrogens is 2. The summed E-state index contributed by atoms with van der Waals surface area (Å²) in [5, 5.41) is 0.314. The van der Waals surface area contributed by atoms with Crippen LogP contribution >= 0.6 is 11.6 Å². The molecule has 2 aliphatic rings. The minimum Gasteiger partial charge on any atom is -0.340 e. The van der Waals surface area contributed by atoms with Gasteiger partial charge in [-0.2, -0.15) is 0 Å². The van der Waals surface area contributed by atoms with Crippen LogP contribution in [0.3, 0.4) is 0 Å². The van der Waals surface area contributed by atoms with Gasteiger partial charge in [-0.15, -0.1) is 0 Å². The minimum absolute atomic E-state index is 0.0963. The zero-order chi connectivity index (χ0) is 15.3. The van der Waals surface area contributed by atoms with Crippen molar-refractivity contribution in [2.24, 2.45) is 0 Å². The lowest BCUT2D eigenvalue weighted by Gasteiger charge is -2.20. The van der Waals surface area contributed by atoms with E-state index in [0.29, 0.717) is 23.7 Å². The van der Waals surface area contributed by atoms with Crippen LogP contribution in [-0.4, -0.2) is 21.7 Å². The summed E-state index contributed by atoms with van der Waals surface area (Å²) >= 11 is 6.04. The van der Waals surface area contributed by atoms with Crippen LogP contribution in [0.5, 0.6) is 0 Å². The largest absolute Gasteiger partial charge is 0.340 e. The Morgan fingerprint density at radius 3 is 3.00 bits per heavy atom. The van der Waals surface area contributed by atoms with Crippen LogP contribution in [0.2, 0.25) is 5.02 Å². The number of pyridine rings is 1. The molecule has 4 heterocycles. The molecule has 22 heavy (non-hydrogen) atoms. The Morgan fingerprint density at radius 2 is 2.18 bits per heavy atom. The number of nitrogens with zero attached hydrogens (tertiary/aromatic N) is 3. The van der Waals surface area contributed by atoms with Gasteiger partial charge in [-0.1, -0.05) is 11.6 Å². The molecule has 2 aromatic rings. The van der Waals surface area contributed by atoms with Crippen LogP contribution < -0.4 is 4.90 Å². The lowest BCUT2D eigenvalue weighted by molar-refractivity contribution is 0.0986. The summed E-state index contributed by atoms with van der Waals surface area (Å²) in [6.45, 7) is 1.33. The smallest absolute Gasteiger partial charge is 0.276 e. The fraction of sp³-hybridized carbons (Fsp3) is 0.312. The van der Waals surface area contributed by atoms with Gasteiger partial charge in [-0.3, -0.25) is 14.5 Å². The van der Waals surface area contributed by atoms with Gasteiger partial charge in [0.2, 0.25) is 0 Å². The van der Waals surface area contributed by atoms with Crippen molar-refractivity contribution >= 4 is 29.6 Å². The monoisotopic (exact) mass is 315 g/mol. The average molecular weight is 316 g/mol. The molecule has 0 aliphatic carbocycles. The first kappa shape index (κ1) is 13.5. The second kappa shape index (κ2) is 4.95. The number of carbonyl (C=O) groups is 2. The molecule has 4 rings (SSSR count). The van der Waals surface area contributed by atoms with Crippen LogP contribution in [0.1, 0.15) is 44.9 Å². The molecule has 0 fully saturated rings. The van der Waals surface area contributed by atoms with Crippen molar-refractivity contribution in [1.29, 1.82) is 0 Å². The molecular weight excluding hydrogens is 302 g/mol. The third kappa shape index (κ3) is 1.82. The number of carbonyl (C=O) groups excluding carboxylic acids is 2. The highest BCUT2D eigenvalue weighted by Crippen LogP contribution is 2.34. The highest BCUT2D eigenvalue weighted by atomic mass is 35.5. The normalized spacial score (nSPS) is 16.6. The van der Waals surface area contributed by atoms with Crippen LogP contribution in [-0.2, 0) is 19.5 Å². The molecule has 0 unspecified atom stereocenters. The van der Waals surface area contributed by atoms with Gasteiger partial charge < -0.3 is 4.57 Å². The van der Waals surface area contributed by atoms with Gasteiger partial charge >= 0.3 is 0 Å². The Hall–Kier alpha value is -2.14. The van der Waals surface area contributed by atoms with Gasteiger partial charge in [0.05, 0.1) is 17.1 Å². The highest BCUT2D eigenvalue weighted by Gasteiger charge is 2.36. The third-order valence-corrected chi connectivity index (χ3v) is 4.72. The van der Waals surface area contributed by atoms with Crippen LogP contribution in [0.4, 0.5) is 5.82 Å². The maximum absolute atomic E-state index is 12.8. The van der Waals surface area contributed by atoms with Crippen LogP contribution in [0.25, 0.3) is 0 Å². The molecule has 0 saturated carbocycles. The van der Waals surface area contributed by atoms with E-state index in [2.05, 4.69) is 15.6 Å². The summed E-state index contributed by atoms with van der Waals surface area (Å²) in [7, 11) is 0. The van der Waals surface area contributed by atoms with E-state index in [1.54, 1.807) is 11.0 Å². The van der Waals surface area contributed by atoms with Crippen molar-refractivity contribution in [2.75, 3.05) is 4.90 Å². The van der Waals surface area contributed by atoms with Crippen LogP contribution in [0, 0.1) is 0 Å². The fourth-order valence-corrected chi connectivity index (χ4v) is 3.57. The summed E-state index contributed by atoms with van der Waals surface area (Å²) in [4.78, 5) is 29.8. The second-order valence-corrected chi connectivity index (χ2v) is 6.06. The maximum Gasteiger partial charge on any atom is 0.276 e. The number of hydrogen-bond donors (Lipinski definition) is 0. The van der Waals surface area contributed by atoms with E-state index in [9.17, 15) is 9.59 Å². The van der Waals surface area contributed by atoms with E-state index >= 15 is 0 Å². The predicted octanol–water partition coefficient (Wildman–Crippen LogP) is 2.85. The van der Waals surface area contributed by atoms with E-state index in [1.165, 1.54) is 18.3 Å². The number of amides is 1. The van der Waals surface area contributed by atoms with Gasteiger partial charge in [0.25, 0.3) is 5.91 Å². The fourth-order valence-electron chi connectivity index (χ4n) is 3.38. The number of hydrogen-bond acceptors (Lipinski definition) is 3. The van der Waals surface area contributed by atoms with Crippen molar-refractivity contribution < 1.29 is 9.59 Å². The molecule has 0 aromatic carbocycles. The van der Waals surface area contributed by atoms with Gasteiger partial charge in [-0.05, 0) is 31.4 Å². The molecule has 1 amide bonds. The van der Waals surface area contributed by atoms with Gasteiger partial charge in [0.1, 0.15) is 11.5 Å². The van der Waals surface area contributed by atoms with E-state index < -0.39 is 0 Å². The average Bonchev–Trinajstić information content (AvgIpc) is 3.04.